The molecule has 0 unspecified atom stereocenters. The molecule has 1 aromatic heterocycles. The third-order valence-electron chi connectivity index (χ3n) is 5.39. The average molecular weight is 338 g/mol. The summed E-state index contributed by atoms with van der Waals surface area (Å²) >= 11 is 1.85. The fourth-order valence-electron chi connectivity index (χ4n) is 4.09. The van der Waals surface area contributed by atoms with Crippen molar-refractivity contribution in [1.29, 1.82) is 0 Å². The van der Waals surface area contributed by atoms with Gasteiger partial charge in [-0.3, -0.25) is 19.4 Å². The van der Waals surface area contributed by atoms with Gasteiger partial charge in [-0.2, -0.15) is 0 Å². The maximum absolute atomic E-state index is 12.5. The van der Waals surface area contributed by atoms with Gasteiger partial charge in [0.1, 0.15) is 0 Å². The van der Waals surface area contributed by atoms with Crippen LogP contribution in [0.3, 0.4) is 0 Å². The summed E-state index contributed by atoms with van der Waals surface area (Å²) in [6.07, 6.45) is 3.56. The number of nitrogens with zero attached hydrogens (tertiary/aromatic N) is 2. The zero-order chi connectivity index (χ0) is 16.3. The van der Waals surface area contributed by atoms with Crippen LogP contribution < -0.4 is 4.90 Å². The molecule has 1 fully saturated rings. The molecule has 2 aliphatic heterocycles. The van der Waals surface area contributed by atoms with E-state index in [0.717, 1.165) is 18.7 Å². The number of rotatable bonds is 3. The molecule has 3 heterocycles. The van der Waals surface area contributed by atoms with Crippen molar-refractivity contribution in [3.8, 4) is 0 Å². The summed E-state index contributed by atoms with van der Waals surface area (Å²) in [7, 11) is 0. The molecule has 0 N–H and O–H groups in total. The van der Waals surface area contributed by atoms with E-state index in [1.165, 1.54) is 23.3 Å². The summed E-state index contributed by atoms with van der Waals surface area (Å²) in [5, 5.41) is 2.18. The molecule has 1 aromatic carbocycles. The van der Waals surface area contributed by atoms with Crippen LogP contribution in [-0.2, 0) is 11.2 Å². The lowest BCUT2D eigenvalue weighted by Gasteiger charge is -2.38. The molecular weight excluding hydrogens is 320 g/mol. The molecule has 5 heteroatoms. The van der Waals surface area contributed by atoms with Crippen molar-refractivity contribution >= 4 is 28.7 Å². The standard InChI is InChI=1S/C19H18N2O2S/c22-18-13-3-1-2-4-15(13)21(19(18)23)11-20-9-7-16-14(8-10-24-16)17(20)12-5-6-12/h1-4,8,10,12,17H,5-7,9,11H2/t17-/m1/s1. The van der Waals surface area contributed by atoms with E-state index in [1.807, 2.05) is 29.5 Å². The van der Waals surface area contributed by atoms with Crippen LogP contribution in [0.15, 0.2) is 35.7 Å². The van der Waals surface area contributed by atoms with Gasteiger partial charge in [-0.25, -0.2) is 0 Å². The lowest BCUT2D eigenvalue weighted by atomic mass is 9.96. The molecule has 1 aliphatic carbocycles. The van der Waals surface area contributed by atoms with Crippen molar-refractivity contribution in [3.63, 3.8) is 0 Å². The zero-order valence-corrected chi connectivity index (χ0v) is 14.1. The number of ketones is 1. The summed E-state index contributed by atoms with van der Waals surface area (Å²) < 4.78 is 0. The van der Waals surface area contributed by atoms with Crippen LogP contribution in [0.25, 0.3) is 0 Å². The second-order valence-electron chi connectivity index (χ2n) is 6.86. The number of hydrogen-bond donors (Lipinski definition) is 0. The Bertz CT molecular complexity index is 839. The summed E-state index contributed by atoms with van der Waals surface area (Å²) in [6, 6.07) is 9.99. The van der Waals surface area contributed by atoms with Crippen molar-refractivity contribution in [2.75, 3.05) is 18.1 Å². The van der Waals surface area contributed by atoms with Gasteiger partial charge in [0.2, 0.25) is 0 Å². The lowest BCUT2D eigenvalue weighted by Crippen LogP contribution is -2.45. The number of thiophene rings is 1. The summed E-state index contributed by atoms with van der Waals surface area (Å²) in [6.45, 7) is 1.47. The number of anilines is 1. The fraction of sp³-hybridized carbons (Fsp3) is 0.368. The summed E-state index contributed by atoms with van der Waals surface area (Å²) in [5.41, 5.74) is 2.75. The zero-order valence-electron chi connectivity index (χ0n) is 13.3. The highest BCUT2D eigenvalue weighted by Crippen LogP contribution is 2.48. The van der Waals surface area contributed by atoms with E-state index in [9.17, 15) is 9.59 Å². The number of hydrogen-bond acceptors (Lipinski definition) is 4. The van der Waals surface area contributed by atoms with Crippen LogP contribution in [0.1, 0.15) is 39.7 Å². The SMILES string of the molecule is O=C1C(=O)N(CN2CCc3sccc3[C@H]2C2CC2)c2ccccc21. The highest BCUT2D eigenvalue weighted by atomic mass is 32.1. The molecule has 0 bridgehead atoms. The maximum Gasteiger partial charge on any atom is 0.300 e. The Kier molecular flexibility index (Phi) is 3.15. The highest BCUT2D eigenvalue weighted by Gasteiger charge is 2.43. The molecule has 2 aromatic rings. The first-order valence-electron chi connectivity index (χ1n) is 8.49. The van der Waals surface area contributed by atoms with Crippen molar-refractivity contribution in [3.05, 3.63) is 51.7 Å². The minimum Gasteiger partial charge on any atom is -0.291 e. The molecule has 5 rings (SSSR count). The van der Waals surface area contributed by atoms with Gasteiger partial charge in [0.15, 0.2) is 0 Å². The van der Waals surface area contributed by atoms with Gasteiger partial charge >= 0.3 is 5.91 Å². The van der Waals surface area contributed by atoms with E-state index in [-0.39, 0.29) is 11.7 Å². The highest BCUT2D eigenvalue weighted by molar-refractivity contribution is 7.10. The number of benzene rings is 1. The van der Waals surface area contributed by atoms with Gasteiger partial charge < -0.3 is 0 Å². The number of carbonyl (C=O) groups is 2. The predicted octanol–water partition coefficient (Wildman–Crippen LogP) is 3.24. The van der Waals surface area contributed by atoms with E-state index in [2.05, 4.69) is 16.3 Å². The minimum absolute atomic E-state index is 0.373. The normalized spacial score (nSPS) is 23.5. The molecule has 3 aliphatic rings. The molecule has 122 valence electrons. The molecule has 0 radical (unpaired) electrons. The molecule has 1 amide bonds. The number of carbonyl (C=O) groups excluding carboxylic acids is 2. The predicted molar refractivity (Wildman–Crippen MR) is 93.3 cm³/mol. The number of fused-ring (bicyclic) bond motifs is 2. The first-order valence-corrected chi connectivity index (χ1v) is 9.37. The van der Waals surface area contributed by atoms with Gasteiger partial charge in [-0.1, -0.05) is 12.1 Å². The second kappa shape index (κ2) is 5.26. The van der Waals surface area contributed by atoms with Gasteiger partial charge in [0.05, 0.1) is 17.9 Å². The number of amides is 1. The van der Waals surface area contributed by atoms with Crippen LogP contribution in [0, 0.1) is 5.92 Å². The molecule has 1 atom stereocenters. The Balaban J connectivity index is 1.48. The van der Waals surface area contributed by atoms with Crippen molar-refractivity contribution in [2.24, 2.45) is 5.92 Å². The molecule has 1 saturated carbocycles. The van der Waals surface area contributed by atoms with Crippen molar-refractivity contribution in [1.82, 2.24) is 4.90 Å². The monoisotopic (exact) mass is 338 g/mol. The molecule has 4 nitrogen and oxygen atoms in total. The van der Waals surface area contributed by atoms with Crippen LogP contribution in [0.2, 0.25) is 0 Å². The smallest absolute Gasteiger partial charge is 0.291 e. The molecular formula is C19H18N2O2S. The topological polar surface area (TPSA) is 40.6 Å². The summed E-state index contributed by atoms with van der Waals surface area (Å²) in [5.74, 6) is -0.0639. The van der Waals surface area contributed by atoms with E-state index in [0.29, 0.717) is 24.2 Å². The third-order valence-corrected chi connectivity index (χ3v) is 6.38. The second-order valence-corrected chi connectivity index (χ2v) is 7.87. The number of Topliss-reactive ketones (excluding diaryl/α,β-unsaturated/α-hetero) is 1. The van der Waals surface area contributed by atoms with E-state index in [1.54, 1.807) is 11.0 Å². The Labute approximate surface area is 144 Å². The van der Waals surface area contributed by atoms with Crippen LogP contribution in [0.5, 0.6) is 0 Å². The first-order chi connectivity index (χ1) is 11.7. The minimum atomic E-state index is -0.387. The van der Waals surface area contributed by atoms with Crippen molar-refractivity contribution < 1.29 is 9.59 Å². The van der Waals surface area contributed by atoms with Crippen LogP contribution >= 0.6 is 11.3 Å². The Morgan fingerprint density at radius 1 is 1.12 bits per heavy atom. The Morgan fingerprint density at radius 2 is 1.96 bits per heavy atom. The number of para-hydroxylation sites is 1. The molecule has 0 spiro atoms. The Hall–Kier alpha value is -1.98. The largest absolute Gasteiger partial charge is 0.300 e. The molecule has 24 heavy (non-hydrogen) atoms. The third kappa shape index (κ3) is 2.08. The quantitative estimate of drug-likeness (QED) is 0.807. The van der Waals surface area contributed by atoms with E-state index in [4.69, 9.17) is 0 Å². The first kappa shape index (κ1) is 14.4. The van der Waals surface area contributed by atoms with Gasteiger partial charge in [0, 0.05) is 17.5 Å². The van der Waals surface area contributed by atoms with Crippen molar-refractivity contribution in [2.45, 2.75) is 25.3 Å². The van der Waals surface area contributed by atoms with Gasteiger partial charge in [-0.15, -0.1) is 11.3 Å². The van der Waals surface area contributed by atoms with Gasteiger partial charge in [-0.05, 0) is 54.3 Å². The fourth-order valence-corrected chi connectivity index (χ4v) is 5.00. The maximum atomic E-state index is 12.5. The van der Waals surface area contributed by atoms with Crippen LogP contribution in [0.4, 0.5) is 5.69 Å². The average Bonchev–Trinajstić information content (AvgIpc) is 3.28. The molecule has 0 saturated heterocycles. The van der Waals surface area contributed by atoms with Crippen LogP contribution in [-0.4, -0.2) is 29.8 Å². The Morgan fingerprint density at radius 3 is 2.79 bits per heavy atom. The lowest BCUT2D eigenvalue weighted by molar-refractivity contribution is -0.114. The van der Waals surface area contributed by atoms with E-state index < -0.39 is 0 Å². The summed E-state index contributed by atoms with van der Waals surface area (Å²) in [4.78, 5) is 30.3. The van der Waals surface area contributed by atoms with Gasteiger partial charge in [0.25, 0.3) is 5.78 Å². The van der Waals surface area contributed by atoms with E-state index >= 15 is 0 Å².